The van der Waals surface area contributed by atoms with Gasteiger partial charge in [-0.15, -0.1) is 0 Å². The first kappa shape index (κ1) is 20.8. The molecule has 0 radical (unpaired) electrons. The van der Waals surface area contributed by atoms with Gasteiger partial charge in [-0.1, -0.05) is 55.1 Å². The monoisotopic (exact) mass is 384 g/mol. The lowest BCUT2D eigenvalue weighted by Gasteiger charge is -2.23. The lowest BCUT2D eigenvalue weighted by molar-refractivity contribution is 0.338. The quantitative estimate of drug-likeness (QED) is 0.617. The Morgan fingerprint density at radius 3 is 1.27 bits per heavy atom. The van der Waals surface area contributed by atoms with Gasteiger partial charge in [0.15, 0.2) is 0 Å². The van der Waals surface area contributed by atoms with Crippen LogP contribution < -0.4 is 10.4 Å². The van der Waals surface area contributed by atoms with E-state index in [1.807, 2.05) is 0 Å². The third-order valence-corrected chi connectivity index (χ3v) is 10.3. The maximum absolute atomic E-state index is 5.97. The molecule has 0 fully saturated rings. The average Bonchev–Trinajstić information content (AvgIpc) is 2.61. The molecular formula is C22H32O2Si2. The van der Waals surface area contributed by atoms with Gasteiger partial charge in [-0.05, 0) is 67.1 Å². The zero-order valence-corrected chi connectivity index (χ0v) is 19.1. The summed E-state index contributed by atoms with van der Waals surface area (Å²) in [5.74, 6) is 0. The molecule has 0 saturated carbocycles. The fourth-order valence-electron chi connectivity index (χ4n) is 3.20. The predicted octanol–water partition coefficient (Wildman–Crippen LogP) is 4.65. The summed E-state index contributed by atoms with van der Waals surface area (Å²) in [6, 6.07) is 17.4. The zero-order valence-electron chi connectivity index (χ0n) is 17.1. The number of hydrogen-bond acceptors (Lipinski definition) is 2. The van der Waals surface area contributed by atoms with E-state index in [9.17, 15) is 0 Å². The van der Waals surface area contributed by atoms with E-state index < -0.39 is 16.6 Å². The van der Waals surface area contributed by atoms with Crippen LogP contribution in [0.2, 0.25) is 26.2 Å². The smallest absolute Gasteiger partial charge is 0.218 e. The molecule has 0 heterocycles. The van der Waals surface area contributed by atoms with Gasteiger partial charge in [-0.25, -0.2) is 0 Å². The number of hydrogen-bond donors (Lipinski definition) is 0. The molecule has 0 bridgehead atoms. The molecule has 0 aliphatic heterocycles. The fraction of sp³-hybridized carbons (Fsp3) is 0.364. The molecule has 0 aromatic heterocycles. The van der Waals surface area contributed by atoms with E-state index in [-0.39, 0.29) is 0 Å². The minimum Gasteiger partial charge on any atom is -0.413 e. The zero-order chi connectivity index (χ0) is 19.4. The first-order chi connectivity index (χ1) is 12.2. The molecule has 0 unspecified atom stereocenters. The standard InChI is InChI=1S/C22H32O2Si2/c1-8-23-25(4,5)21-14-10-19(11-15-21)18(3)20-12-16-22(17-13-20)26(6,7)24-9-2/h10-17H,3,8-9H2,1-2,4-7H3. The molecule has 0 aliphatic carbocycles. The van der Waals surface area contributed by atoms with Crippen molar-refractivity contribution < 1.29 is 8.85 Å². The Kier molecular flexibility index (Phi) is 6.80. The van der Waals surface area contributed by atoms with Crippen LogP contribution >= 0.6 is 0 Å². The van der Waals surface area contributed by atoms with E-state index in [1.54, 1.807) is 0 Å². The Morgan fingerprint density at radius 2 is 1.00 bits per heavy atom. The molecule has 0 amide bonds. The number of benzene rings is 2. The third-order valence-electron chi connectivity index (χ3n) is 4.87. The molecule has 0 atom stereocenters. The Hall–Kier alpha value is -1.47. The normalized spacial score (nSPS) is 12.2. The largest absolute Gasteiger partial charge is 0.413 e. The van der Waals surface area contributed by atoms with Gasteiger partial charge in [-0.3, -0.25) is 0 Å². The van der Waals surface area contributed by atoms with Gasteiger partial charge in [0.05, 0.1) is 0 Å². The van der Waals surface area contributed by atoms with Gasteiger partial charge in [0.2, 0.25) is 16.6 Å². The molecule has 4 heteroatoms. The molecule has 140 valence electrons. The van der Waals surface area contributed by atoms with Gasteiger partial charge in [-0.2, -0.15) is 0 Å². The van der Waals surface area contributed by atoms with E-state index in [1.165, 1.54) is 10.4 Å². The van der Waals surface area contributed by atoms with Crippen LogP contribution in [0.1, 0.15) is 25.0 Å². The Balaban J connectivity index is 2.19. The van der Waals surface area contributed by atoms with Crippen LogP contribution in [0.25, 0.3) is 5.57 Å². The van der Waals surface area contributed by atoms with Gasteiger partial charge in [0.25, 0.3) is 0 Å². The summed E-state index contributed by atoms with van der Waals surface area (Å²) in [5, 5.41) is 2.63. The summed E-state index contributed by atoms with van der Waals surface area (Å²) in [6.07, 6.45) is 0. The van der Waals surface area contributed by atoms with E-state index in [0.717, 1.165) is 29.9 Å². The molecule has 26 heavy (non-hydrogen) atoms. The van der Waals surface area contributed by atoms with Crippen molar-refractivity contribution in [1.82, 2.24) is 0 Å². The highest BCUT2D eigenvalue weighted by Crippen LogP contribution is 2.21. The lowest BCUT2D eigenvalue weighted by atomic mass is 10.00. The van der Waals surface area contributed by atoms with Crippen molar-refractivity contribution in [2.75, 3.05) is 13.2 Å². The van der Waals surface area contributed by atoms with Gasteiger partial charge < -0.3 is 8.85 Å². The summed E-state index contributed by atoms with van der Waals surface area (Å²) in [6.45, 7) is 18.9. The number of rotatable bonds is 8. The molecule has 0 saturated heterocycles. The van der Waals surface area contributed by atoms with Crippen LogP contribution in [0.3, 0.4) is 0 Å². The van der Waals surface area contributed by atoms with Crippen LogP contribution in [-0.2, 0) is 8.85 Å². The van der Waals surface area contributed by atoms with Crippen LogP contribution in [0, 0.1) is 0 Å². The Morgan fingerprint density at radius 1 is 0.692 bits per heavy atom. The summed E-state index contributed by atoms with van der Waals surface area (Å²) >= 11 is 0. The average molecular weight is 385 g/mol. The molecule has 0 N–H and O–H groups in total. The third kappa shape index (κ3) is 4.83. The van der Waals surface area contributed by atoms with E-state index in [0.29, 0.717) is 0 Å². The SMILES string of the molecule is C=C(c1ccc([Si](C)(C)OCC)cc1)c1ccc([Si](C)(C)OCC)cc1. The Labute approximate surface area is 161 Å². The summed E-state index contributed by atoms with van der Waals surface area (Å²) in [7, 11) is -3.58. The van der Waals surface area contributed by atoms with Gasteiger partial charge in [0, 0.05) is 13.2 Å². The van der Waals surface area contributed by atoms with Crippen molar-refractivity contribution in [3.8, 4) is 0 Å². The summed E-state index contributed by atoms with van der Waals surface area (Å²) in [4.78, 5) is 0. The van der Waals surface area contributed by atoms with Crippen LogP contribution in [0.4, 0.5) is 0 Å². The molecule has 0 aliphatic rings. The van der Waals surface area contributed by atoms with Crippen molar-refractivity contribution in [2.24, 2.45) is 0 Å². The molecule has 2 nitrogen and oxygen atoms in total. The van der Waals surface area contributed by atoms with Crippen LogP contribution in [0.5, 0.6) is 0 Å². The molecule has 2 aromatic rings. The van der Waals surface area contributed by atoms with Crippen molar-refractivity contribution in [2.45, 2.75) is 40.0 Å². The van der Waals surface area contributed by atoms with Crippen LogP contribution in [0.15, 0.2) is 55.1 Å². The van der Waals surface area contributed by atoms with Gasteiger partial charge in [0.1, 0.15) is 0 Å². The maximum atomic E-state index is 5.97. The van der Waals surface area contributed by atoms with Crippen molar-refractivity contribution >= 4 is 32.6 Å². The second-order valence-electron chi connectivity index (χ2n) is 7.52. The molecule has 2 rings (SSSR count). The van der Waals surface area contributed by atoms with Gasteiger partial charge >= 0.3 is 0 Å². The van der Waals surface area contributed by atoms with E-state index in [4.69, 9.17) is 8.85 Å². The topological polar surface area (TPSA) is 18.5 Å². The predicted molar refractivity (Wildman–Crippen MR) is 119 cm³/mol. The minimum atomic E-state index is -1.79. The van der Waals surface area contributed by atoms with Crippen molar-refractivity contribution in [3.63, 3.8) is 0 Å². The second kappa shape index (κ2) is 8.48. The first-order valence-electron chi connectivity index (χ1n) is 9.40. The highest BCUT2D eigenvalue weighted by Gasteiger charge is 2.25. The van der Waals surface area contributed by atoms with Crippen molar-refractivity contribution in [3.05, 3.63) is 66.2 Å². The minimum absolute atomic E-state index is 0.765. The van der Waals surface area contributed by atoms with E-state index in [2.05, 4.69) is 95.1 Å². The fourth-order valence-corrected chi connectivity index (χ4v) is 6.92. The van der Waals surface area contributed by atoms with Crippen LogP contribution in [-0.4, -0.2) is 29.8 Å². The summed E-state index contributed by atoms with van der Waals surface area (Å²) < 4.78 is 11.9. The maximum Gasteiger partial charge on any atom is 0.218 e. The molecular weight excluding hydrogens is 352 g/mol. The van der Waals surface area contributed by atoms with E-state index >= 15 is 0 Å². The molecule has 2 aromatic carbocycles. The lowest BCUT2D eigenvalue weighted by Crippen LogP contribution is -2.44. The molecule has 0 spiro atoms. The first-order valence-corrected chi connectivity index (χ1v) is 15.2. The van der Waals surface area contributed by atoms with Crippen molar-refractivity contribution in [1.29, 1.82) is 0 Å². The highest BCUT2D eigenvalue weighted by molar-refractivity contribution is 6.84. The second-order valence-corrected chi connectivity index (χ2v) is 15.3. The highest BCUT2D eigenvalue weighted by atomic mass is 28.4. The summed E-state index contributed by atoms with van der Waals surface area (Å²) in [5.41, 5.74) is 3.36. The Bertz CT molecular complexity index is 668.